The number of rotatable bonds is 5. The Kier molecular flexibility index (Phi) is 4.89. The van der Waals surface area contributed by atoms with Crippen LogP contribution in [0, 0.1) is 13.8 Å². The zero-order chi connectivity index (χ0) is 13.7. The maximum atomic E-state index is 11.9. The van der Waals surface area contributed by atoms with E-state index in [1.54, 1.807) is 6.07 Å². The summed E-state index contributed by atoms with van der Waals surface area (Å²) in [5.74, 6) is 0.0149. The predicted molar refractivity (Wildman–Crippen MR) is 68.0 cm³/mol. The minimum atomic E-state index is -0.522. The average molecular weight is 250 g/mol. The van der Waals surface area contributed by atoms with E-state index in [1.807, 2.05) is 26.8 Å². The van der Waals surface area contributed by atoms with Crippen LogP contribution >= 0.6 is 0 Å². The fourth-order valence-corrected chi connectivity index (χ4v) is 1.70. The molecule has 0 spiro atoms. The van der Waals surface area contributed by atoms with Crippen molar-refractivity contribution in [1.82, 2.24) is 0 Å². The highest BCUT2D eigenvalue weighted by Crippen LogP contribution is 2.23. The second kappa shape index (κ2) is 6.19. The molecule has 0 radical (unpaired) electrons. The molecule has 0 aromatic heterocycles. The Labute approximate surface area is 107 Å². The number of carbonyl (C=O) groups is 2. The van der Waals surface area contributed by atoms with Crippen molar-refractivity contribution in [3.8, 4) is 5.75 Å². The van der Waals surface area contributed by atoms with Gasteiger partial charge in [0.1, 0.15) is 12.2 Å². The number of hydrogen-bond acceptors (Lipinski definition) is 4. The summed E-state index contributed by atoms with van der Waals surface area (Å²) >= 11 is 0. The molecule has 98 valence electrons. The van der Waals surface area contributed by atoms with Crippen LogP contribution in [0.25, 0.3) is 0 Å². The number of methoxy groups -OCH3 is 1. The van der Waals surface area contributed by atoms with Crippen molar-refractivity contribution in [1.29, 1.82) is 0 Å². The summed E-state index contributed by atoms with van der Waals surface area (Å²) in [7, 11) is 1.27. The van der Waals surface area contributed by atoms with Gasteiger partial charge in [-0.3, -0.25) is 9.59 Å². The zero-order valence-electron chi connectivity index (χ0n) is 11.2. The lowest BCUT2D eigenvalue weighted by Crippen LogP contribution is -2.11. The molecule has 1 aromatic carbocycles. The van der Waals surface area contributed by atoms with Gasteiger partial charge in [0.25, 0.3) is 0 Å². The molecule has 0 bridgehead atoms. The number of aryl methyl sites for hydroxylation is 2. The van der Waals surface area contributed by atoms with E-state index < -0.39 is 5.97 Å². The average Bonchev–Trinajstić information content (AvgIpc) is 2.33. The van der Waals surface area contributed by atoms with Crippen LogP contribution < -0.4 is 4.74 Å². The first kappa shape index (κ1) is 14.2. The van der Waals surface area contributed by atoms with Crippen molar-refractivity contribution in [2.45, 2.75) is 27.2 Å². The van der Waals surface area contributed by atoms with Gasteiger partial charge < -0.3 is 9.47 Å². The van der Waals surface area contributed by atoms with Crippen LogP contribution in [0.15, 0.2) is 12.1 Å². The smallest absolute Gasteiger partial charge is 0.313 e. The van der Waals surface area contributed by atoms with Gasteiger partial charge in [-0.05, 0) is 44.0 Å². The van der Waals surface area contributed by atoms with Crippen molar-refractivity contribution in [3.63, 3.8) is 0 Å². The third kappa shape index (κ3) is 3.32. The fraction of sp³-hybridized carbons (Fsp3) is 0.429. The summed E-state index contributed by atoms with van der Waals surface area (Å²) in [4.78, 5) is 23.0. The van der Waals surface area contributed by atoms with E-state index in [1.165, 1.54) is 7.11 Å². The normalized spacial score (nSPS) is 10.0. The maximum Gasteiger partial charge on any atom is 0.313 e. The van der Waals surface area contributed by atoms with Crippen LogP contribution in [-0.2, 0) is 9.53 Å². The third-order valence-electron chi connectivity index (χ3n) is 2.65. The number of ketones is 1. The molecule has 0 N–H and O–H groups in total. The molecule has 1 aromatic rings. The molecule has 0 heterocycles. The summed E-state index contributed by atoms with van der Waals surface area (Å²) in [6.45, 7) is 6.19. The standard InChI is InChI=1S/C14H18O4/c1-5-18-13-7-9(2)11(6-10(13)3)12(15)8-14(16)17-4/h6-7H,5,8H2,1-4H3. The zero-order valence-corrected chi connectivity index (χ0v) is 11.2. The molecule has 0 atom stereocenters. The van der Waals surface area contributed by atoms with Crippen molar-refractivity contribution in [2.24, 2.45) is 0 Å². The van der Waals surface area contributed by atoms with Gasteiger partial charge in [0.05, 0.1) is 13.7 Å². The van der Waals surface area contributed by atoms with Gasteiger partial charge in [0, 0.05) is 5.56 Å². The van der Waals surface area contributed by atoms with E-state index in [9.17, 15) is 9.59 Å². The van der Waals surface area contributed by atoms with Crippen LogP contribution in [0.5, 0.6) is 5.75 Å². The summed E-state index contributed by atoms with van der Waals surface area (Å²) < 4.78 is 9.94. The number of esters is 1. The Morgan fingerprint density at radius 2 is 1.83 bits per heavy atom. The van der Waals surface area contributed by atoms with Crippen LogP contribution in [0.1, 0.15) is 34.8 Å². The van der Waals surface area contributed by atoms with Crippen molar-refractivity contribution >= 4 is 11.8 Å². The monoisotopic (exact) mass is 250 g/mol. The van der Waals surface area contributed by atoms with Crippen LogP contribution in [0.4, 0.5) is 0 Å². The number of ether oxygens (including phenoxy) is 2. The first-order valence-electron chi connectivity index (χ1n) is 5.83. The first-order chi connectivity index (χ1) is 8.49. The second-order valence-electron chi connectivity index (χ2n) is 4.04. The highest BCUT2D eigenvalue weighted by molar-refractivity contribution is 6.06. The lowest BCUT2D eigenvalue weighted by molar-refractivity contribution is -0.139. The van der Waals surface area contributed by atoms with Crippen LogP contribution in [0.2, 0.25) is 0 Å². The van der Waals surface area contributed by atoms with Crippen molar-refractivity contribution in [3.05, 3.63) is 28.8 Å². The minimum absolute atomic E-state index is 0.231. The predicted octanol–water partition coefficient (Wildman–Crippen LogP) is 2.45. The number of Topliss-reactive ketones (excluding diaryl/α,β-unsaturated/α-hetero) is 1. The topological polar surface area (TPSA) is 52.6 Å². The Hall–Kier alpha value is -1.84. The number of benzene rings is 1. The molecule has 0 saturated heterocycles. The molecule has 0 amide bonds. The van der Waals surface area contributed by atoms with Crippen LogP contribution in [0.3, 0.4) is 0 Å². The van der Waals surface area contributed by atoms with Gasteiger partial charge in [-0.25, -0.2) is 0 Å². The van der Waals surface area contributed by atoms with Gasteiger partial charge >= 0.3 is 5.97 Å². The summed E-state index contributed by atoms with van der Waals surface area (Å²) in [5.41, 5.74) is 2.23. The number of carbonyl (C=O) groups excluding carboxylic acids is 2. The van der Waals surface area contributed by atoms with E-state index in [0.29, 0.717) is 12.2 Å². The molecule has 0 fully saturated rings. The molecule has 0 aliphatic heterocycles. The SMILES string of the molecule is CCOc1cc(C)c(C(=O)CC(=O)OC)cc1C. The minimum Gasteiger partial charge on any atom is -0.494 e. The van der Waals surface area contributed by atoms with E-state index in [2.05, 4.69) is 4.74 Å². The molecule has 0 aliphatic carbocycles. The Balaban J connectivity index is 3.00. The Bertz CT molecular complexity index is 463. The quantitative estimate of drug-likeness (QED) is 0.457. The molecule has 18 heavy (non-hydrogen) atoms. The van der Waals surface area contributed by atoms with E-state index in [-0.39, 0.29) is 12.2 Å². The third-order valence-corrected chi connectivity index (χ3v) is 2.65. The van der Waals surface area contributed by atoms with Crippen LogP contribution in [-0.4, -0.2) is 25.5 Å². The van der Waals surface area contributed by atoms with Gasteiger partial charge in [-0.1, -0.05) is 0 Å². The van der Waals surface area contributed by atoms with Crippen molar-refractivity contribution < 1.29 is 19.1 Å². The lowest BCUT2D eigenvalue weighted by atomic mass is 9.99. The van der Waals surface area contributed by atoms with Gasteiger partial charge in [0.2, 0.25) is 0 Å². The molecular formula is C14H18O4. The fourth-order valence-electron chi connectivity index (χ4n) is 1.70. The maximum absolute atomic E-state index is 11.9. The molecule has 0 aliphatic rings. The molecule has 4 heteroatoms. The van der Waals surface area contributed by atoms with E-state index >= 15 is 0 Å². The van der Waals surface area contributed by atoms with Crippen molar-refractivity contribution in [2.75, 3.05) is 13.7 Å². The second-order valence-corrected chi connectivity index (χ2v) is 4.04. The molecule has 4 nitrogen and oxygen atoms in total. The summed E-state index contributed by atoms with van der Waals surface area (Å²) in [5, 5.41) is 0. The lowest BCUT2D eigenvalue weighted by Gasteiger charge is -2.11. The highest BCUT2D eigenvalue weighted by Gasteiger charge is 2.16. The van der Waals surface area contributed by atoms with Gasteiger partial charge in [-0.15, -0.1) is 0 Å². The molecule has 0 saturated carbocycles. The summed E-state index contributed by atoms with van der Waals surface area (Å²) in [6, 6.07) is 3.58. The largest absolute Gasteiger partial charge is 0.494 e. The molecular weight excluding hydrogens is 232 g/mol. The molecule has 1 rings (SSSR count). The van der Waals surface area contributed by atoms with E-state index in [4.69, 9.17) is 4.74 Å². The highest BCUT2D eigenvalue weighted by atomic mass is 16.5. The Morgan fingerprint density at radius 1 is 1.17 bits per heavy atom. The van der Waals surface area contributed by atoms with Gasteiger partial charge in [-0.2, -0.15) is 0 Å². The number of hydrogen-bond donors (Lipinski definition) is 0. The molecule has 0 unspecified atom stereocenters. The Morgan fingerprint density at radius 3 is 2.39 bits per heavy atom. The first-order valence-corrected chi connectivity index (χ1v) is 5.83. The van der Waals surface area contributed by atoms with Gasteiger partial charge in [0.15, 0.2) is 5.78 Å². The summed E-state index contributed by atoms with van der Waals surface area (Å²) in [6.07, 6.45) is -0.231. The van der Waals surface area contributed by atoms with E-state index in [0.717, 1.165) is 16.9 Å².